The number of benzene rings is 2. The van der Waals surface area contributed by atoms with Gasteiger partial charge in [0.1, 0.15) is 0 Å². The van der Waals surface area contributed by atoms with Crippen LogP contribution in [0.25, 0.3) is 0 Å². The summed E-state index contributed by atoms with van der Waals surface area (Å²) in [5, 5.41) is 3.22. The van der Waals surface area contributed by atoms with E-state index in [2.05, 4.69) is 10.0 Å². The Morgan fingerprint density at radius 1 is 1.10 bits per heavy atom. The van der Waals surface area contributed by atoms with E-state index in [0.717, 1.165) is 29.8 Å². The fourth-order valence-corrected chi connectivity index (χ4v) is 3.37. The smallest absolute Gasteiger partial charge is 0.240 e. The molecule has 0 bridgehead atoms. The fourth-order valence-electron chi connectivity index (χ4n) is 2.31. The molecule has 1 aliphatic rings. The summed E-state index contributed by atoms with van der Waals surface area (Å²) in [6, 6.07) is 14.7. The maximum absolute atomic E-state index is 12.3. The van der Waals surface area contributed by atoms with Crippen LogP contribution in [0.2, 0.25) is 0 Å². The molecule has 0 saturated carbocycles. The van der Waals surface area contributed by atoms with Gasteiger partial charge in [0.2, 0.25) is 10.0 Å². The number of fused-ring (bicyclic) bond motifs is 1. The Balaban J connectivity index is 1.78. The SMILES string of the molecule is O=S(=O)(NCc1ccccc1)c1ccc2c(c1)CCN2. The molecule has 0 fully saturated rings. The summed E-state index contributed by atoms with van der Waals surface area (Å²) in [6.07, 6.45) is 0.872. The van der Waals surface area contributed by atoms with Gasteiger partial charge in [0.15, 0.2) is 0 Å². The lowest BCUT2D eigenvalue weighted by atomic mass is 10.2. The molecule has 20 heavy (non-hydrogen) atoms. The monoisotopic (exact) mass is 288 g/mol. The molecule has 104 valence electrons. The molecule has 0 amide bonds. The summed E-state index contributed by atoms with van der Waals surface area (Å²) >= 11 is 0. The predicted octanol–water partition coefficient (Wildman–Crippen LogP) is 2.13. The van der Waals surface area contributed by atoms with E-state index in [-0.39, 0.29) is 0 Å². The van der Waals surface area contributed by atoms with Crippen molar-refractivity contribution in [2.45, 2.75) is 17.9 Å². The molecule has 1 aliphatic heterocycles. The molecular formula is C15H16N2O2S. The zero-order valence-electron chi connectivity index (χ0n) is 11.0. The summed E-state index contributed by atoms with van der Waals surface area (Å²) in [7, 11) is -3.46. The molecule has 0 aromatic heterocycles. The van der Waals surface area contributed by atoms with Gasteiger partial charge in [-0.1, -0.05) is 30.3 Å². The van der Waals surface area contributed by atoms with Crippen LogP contribution in [0.5, 0.6) is 0 Å². The number of hydrogen-bond donors (Lipinski definition) is 2. The maximum Gasteiger partial charge on any atom is 0.240 e. The van der Waals surface area contributed by atoms with Crippen LogP contribution in [0.4, 0.5) is 5.69 Å². The highest BCUT2D eigenvalue weighted by Crippen LogP contribution is 2.25. The molecule has 2 N–H and O–H groups in total. The first-order valence-electron chi connectivity index (χ1n) is 6.55. The van der Waals surface area contributed by atoms with Crippen molar-refractivity contribution in [3.63, 3.8) is 0 Å². The second kappa shape index (κ2) is 5.26. The van der Waals surface area contributed by atoms with Crippen molar-refractivity contribution in [1.82, 2.24) is 4.72 Å². The zero-order valence-corrected chi connectivity index (χ0v) is 11.8. The van der Waals surface area contributed by atoms with E-state index in [1.54, 1.807) is 12.1 Å². The van der Waals surface area contributed by atoms with Gasteiger partial charge in [0, 0.05) is 18.8 Å². The number of sulfonamides is 1. The van der Waals surface area contributed by atoms with Crippen molar-refractivity contribution in [2.24, 2.45) is 0 Å². The predicted molar refractivity (Wildman–Crippen MR) is 79.1 cm³/mol. The third kappa shape index (κ3) is 2.69. The van der Waals surface area contributed by atoms with E-state index in [9.17, 15) is 8.42 Å². The van der Waals surface area contributed by atoms with E-state index in [0.29, 0.717) is 11.4 Å². The Kier molecular flexibility index (Phi) is 3.46. The van der Waals surface area contributed by atoms with Gasteiger partial charge in [0.05, 0.1) is 4.90 Å². The summed E-state index contributed by atoms with van der Waals surface area (Å²) < 4.78 is 27.2. The van der Waals surface area contributed by atoms with Gasteiger partial charge in [0.25, 0.3) is 0 Å². The fraction of sp³-hybridized carbons (Fsp3) is 0.200. The van der Waals surface area contributed by atoms with E-state index < -0.39 is 10.0 Å². The quantitative estimate of drug-likeness (QED) is 0.906. The lowest BCUT2D eigenvalue weighted by molar-refractivity contribution is 0.581. The molecule has 0 spiro atoms. The van der Waals surface area contributed by atoms with Crippen molar-refractivity contribution in [3.8, 4) is 0 Å². The van der Waals surface area contributed by atoms with E-state index in [1.165, 1.54) is 0 Å². The second-order valence-electron chi connectivity index (χ2n) is 4.81. The normalized spacial score (nSPS) is 13.8. The summed E-state index contributed by atoms with van der Waals surface area (Å²) in [4.78, 5) is 0.330. The van der Waals surface area contributed by atoms with Crippen LogP contribution in [-0.4, -0.2) is 15.0 Å². The van der Waals surface area contributed by atoms with Crippen LogP contribution in [0.1, 0.15) is 11.1 Å². The standard InChI is InChI=1S/C15H16N2O2S/c18-20(19,17-11-12-4-2-1-3-5-12)14-6-7-15-13(10-14)8-9-16-15/h1-7,10,16-17H,8-9,11H2. The van der Waals surface area contributed by atoms with E-state index in [1.807, 2.05) is 36.4 Å². The van der Waals surface area contributed by atoms with Gasteiger partial charge in [-0.2, -0.15) is 0 Å². The van der Waals surface area contributed by atoms with Gasteiger partial charge < -0.3 is 5.32 Å². The number of anilines is 1. The van der Waals surface area contributed by atoms with Crippen LogP contribution < -0.4 is 10.0 Å². The minimum Gasteiger partial charge on any atom is -0.384 e. The molecule has 0 atom stereocenters. The van der Waals surface area contributed by atoms with E-state index >= 15 is 0 Å². The highest BCUT2D eigenvalue weighted by molar-refractivity contribution is 7.89. The number of rotatable bonds is 4. The molecule has 0 radical (unpaired) electrons. The van der Waals surface area contributed by atoms with Crippen molar-refractivity contribution in [2.75, 3.05) is 11.9 Å². The Bertz CT molecular complexity index is 712. The Morgan fingerprint density at radius 3 is 2.70 bits per heavy atom. The Labute approximate surface area is 118 Å². The molecule has 5 heteroatoms. The molecule has 4 nitrogen and oxygen atoms in total. The minimum absolute atomic E-state index is 0.304. The van der Waals surface area contributed by atoms with Crippen LogP contribution in [0.15, 0.2) is 53.4 Å². The first kappa shape index (κ1) is 13.1. The zero-order chi connectivity index (χ0) is 14.0. The van der Waals surface area contributed by atoms with E-state index in [4.69, 9.17) is 0 Å². The second-order valence-corrected chi connectivity index (χ2v) is 6.57. The average molecular weight is 288 g/mol. The van der Waals surface area contributed by atoms with Gasteiger partial charge in [-0.05, 0) is 35.7 Å². The highest BCUT2D eigenvalue weighted by Gasteiger charge is 2.17. The van der Waals surface area contributed by atoms with Crippen molar-refractivity contribution < 1.29 is 8.42 Å². The first-order valence-corrected chi connectivity index (χ1v) is 8.04. The minimum atomic E-state index is -3.46. The third-order valence-corrected chi connectivity index (χ3v) is 4.80. The molecule has 2 aromatic carbocycles. The van der Waals surface area contributed by atoms with Crippen LogP contribution >= 0.6 is 0 Å². The summed E-state index contributed by atoms with van der Waals surface area (Å²) in [5.74, 6) is 0. The highest BCUT2D eigenvalue weighted by atomic mass is 32.2. The molecule has 1 heterocycles. The van der Waals surface area contributed by atoms with Crippen LogP contribution in [-0.2, 0) is 23.0 Å². The molecule has 3 rings (SSSR count). The average Bonchev–Trinajstić information content (AvgIpc) is 2.94. The van der Waals surface area contributed by atoms with Crippen molar-refractivity contribution in [1.29, 1.82) is 0 Å². The summed E-state index contributed by atoms with van der Waals surface area (Å²) in [6.45, 7) is 1.18. The lowest BCUT2D eigenvalue weighted by Crippen LogP contribution is -2.23. The Morgan fingerprint density at radius 2 is 1.90 bits per heavy atom. The van der Waals surface area contributed by atoms with Crippen molar-refractivity contribution >= 4 is 15.7 Å². The van der Waals surface area contributed by atoms with Gasteiger partial charge in [-0.3, -0.25) is 0 Å². The third-order valence-electron chi connectivity index (χ3n) is 3.41. The summed E-state index contributed by atoms with van der Waals surface area (Å²) in [5.41, 5.74) is 3.04. The molecule has 0 aliphatic carbocycles. The molecular weight excluding hydrogens is 272 g/mol. The maximum atomic E-state index is 12.3. The number of nitrogens with one attached hydrogen (secondary N) is 2. The van der Waals surface area contributed by atoms with Gasteiger partial charge in [-0.25, -0.2) is 13.1 Å². The molecule has 0 unspecified atom stereocenters. The molecule has 2 aromatic rings. The number of hydrogen-bond acceptors (Lipinski definition) is 3. The first-order chi connectivity index (χ1) is 9.65. The van der Waals surface area contributed by atoms with Crippen LogP contribution in [0.3, 0.4) is 0 Å². The topological polar surface area (TPSA) is 58.2 Å². The van der Waals surface area contributed by atoms with Gasteiger partial charge in [-0.15, -0.1) is 0 Å². The van der Waals surface area contributed by atoms with Crippen molar-refractivity contribution in [3.05, 3.63) is 59.7 Å². The molecule has 0 saturated heterocycles. The van der Waals surface area contributed by atoms with Crippen LogP contribution in [0, 0.1) is 0 Å². The largest absolute Gasteiger partial charge is 0.384 e. The van der Waals surface area contributed by atoms with Gasteiger partial charge >= 0.3 is 0 Å². The Hall–Kier alpha value is -1.85. The lowest BCUT2D eigenvalue weighted by Gasteiger charge is -2.08.